The Morgan fingerprint density at radius 1 is 1.10 bits per heavy atom. The van der Waals surface area contributed by atoms with E-state index in [4.69, 9.17) is 4.98 Å². The van der Waals surface area contributed by atoms with E-state index in [0.29, 0.717) is 0 Å². The third-order valence-electron chi connectivity index (χ3n) is 5.98. The number of benzene rings is 1. The molecule has 1 N–H and O–H groups in total. The minimum Gasteiger partial charge on any atom is -0.375 e. The van der Waals surface area contributed by atoms with Gasteiger partial charge in [-0.05, 0) is 56.4 Å². The number of rotatable bonds is 3. The third kappa shape index (κ3) is 3.03. The second-order valence-electron chi connectivity index (χ2n) is 7.79. The molecule has 5 rings (SSSR count). The molecule has 0 unspecified atom stereocenters. The highest BCUT2D eigenvalue weighted by molar-refractivity contribution is 5.72. The van der Waals surface area contributed by atoms with Gasteiger partial charge in [0, 0.05) is 24.2 Å². The summed E-state index contributed by atoms with van der Waals surface area (Å²) >= 11 is 0. The number of aromatic nitrogens is 3. The predicted octanol–water partition coefficient (Wildman–Crippen LogP) is 4.59. The van der Waals surface area contributed by atoms with Gasteiger partial charge in [-0.2, -0.15) is 0 Å². The highest BCUT2D eigenvalue weighted by atomic mass is 16.1. The number of nitrogens with one attached hydrogen (secondary N) is 1. The number of nitrogens with zero attached hydrogens (tertiary/aromatic N) is 3. The molecule has 1 aliphatic carbocycles. The van der Waals surface area contributed by atoms with Gasteiger partial charge in [0.05, 0.1) is 23.1 Å². The van der Waals surface area contributed by atoms with E-state index in [1.54, 1.807) is 16.7 Å². The van der Waals surface area contributed by atoms with Crippen LogP contribution in [-0.2, 0) is 6.42 Å². The molecule has 0 amide bonds. The van der Waals surface area contributed by atoms with Gasteiger partial charge in [-0.3, -0.25) is 9.36 Å². The van der Waals surface area contributed by atoms with Crippen LogP contribution in [0.15, 0.2) is 65.7 Å². The molecule has 0 fully saturated rings. The second kappa shape index (κ2) is 6.92. The van der Waals surface area contributed by atoms with Crippen molar-refractivity contribution in [1.82, 2.24) is 14.0 Å². The number of fused-ring (bicyclic) bond motifs is 2. The fourth-order valence-electron chi connectivity index (χ4n) is 4.33. The molecule has 0 aliphatic heterocycles. The average molecular weight is 384 g/mol. The molecule has 146 valence electrons. The molecule has 0 bridgehead atoms. The van der Waals surface area contributed by atoms with Crippen LogP contribution in [-0.4, -0.2) is 14.0 Å². The summed E-state index contributed by atoms with van der Waals surface area (Å²) in [6.45, 7) is 4.09. The van der Waals surface area contributed by atoms with Crippen molar-refractivity contribution in [3.05, 3.63) is 93.8 Å². The number of imidazole rings is 1. The molecule has 0 saturated heterocycles. The first-order valence-electron chi connectivity index (χ1n) is 10.1. The van der Waals surface area contributed by atoms with Crippen molar-refractivity contribution in [3.8, 4) is 5.69 Å². The predicted molar refractivity (Wildman–Crippen MR) is 116 cm³/mol. The third-order valence-corrected chi connectivity index (χ3v) is 5.98. The van der Waals surface area contributed by atoms with Gasteiger partial charge in [-0.15, -0.1) is 0 Å². The van der Waals surface area contributed by atoms with Gasteiger partial charge >= 0.3 is 0 Å². The van der Waals surface area contributed by atoms with E-state index < -0.39 is 0 Å². The van der Waals surface area contributed by atoms with E-state index in [1.807, 2.05) is 31.5 Å². The Bertz CT molecular complexity index is 1270. The van der Waals surface area contributed by atoms with E-state index >= 15 is 0 Å². The van der Waals surface area contributed by atoms with Crippen LogP contribution in [0.3, 0.4) is 0 Å². The summed E-state index contributed by atoms with van der Waals surface area (Å²) < 4.78 is 3.76. The maximum absolute atomic E-state index is 12.4. The Morgan fingerprint density at radius 2 is 1.93 bits per heavy atom. The highest BCUT2D eigenvalue weighted by Gasteiger charge is 2.21. The molecule has 0 spiro atoms. The number of hydrogen-bond donors (Lipinski definition) is 1. The molecule has 4 aromatic rings. The Kier molecular flexibility index (Phi) is 4.23. The minimum atomic E-state index is -0.0460. The fraction of sp³-hybridized carbons (Fsp3) is 0.250. The highest BCUT2D eigenvalue weighted by Crippen LogP contribution is 2.34. The summed E-state index contributed by atoms with van der Waals surface area (Å²) in [6.07, 6.45) is 7.17. The minimum absolute atomic E-state index is 0.0460. The maximum Gasteiger partial charge on any atom is 0.255 e. The SMILES string of the molecule is Cc1nc2c(N[C@H]3CCCc4ccccc43)cc(-n3ccccc3=O)cn2c1C. The van der Waals surface area contributed by atoms with Crippen LogP contribution >= 0.6 is 0 Å². The molecule has 0 saturated carbocycles. The second-order valence-corrected chi connectivity index (χ2v) is 7.79. The number of aryl methyl sites for hydroxylation is 3. The van der Waals surface area contributed by atoms with Crippen LogP contribution in [0.25, 0.3) is 11.3 Å². The van der Waals surface area contributed by atoms with Gasteiger partial charge in [-0.25, -0.2) is 4.98 Å². The lowest BCUT2D eigenvalue weighted by Gasteiger charge is -2.27. The van der Waals surface area contributed by atoms with Crippen LogP contribution in [0.5, 0.6) is 0 Å². The van der Waals surface area contributed by atoms with Gasteiger partial charge in [0.2, 0.25) is 0 Å². The first-order chi connectivity index (χ1) is 14.1. The summed E-state index contributed by atoms with van der Waals surface area (Å²) in [5.41, 5.74) is 7.49. The summed E-state index contributed by atoms with van der Waals surface area (Å²) in [6, 6.07) is 16.2. The van der Waals surface area contributed by atoms with E-state index in [-0.39, 0.29) is 11.6 Å². The van der Waals surface area contributed by atoms with Crippen molar-refractivity contribution in [2.24, 2.45) is 0 Å². The number of hydrogen-bond acceptors (Lipinski definition) is 3. The van der Waals surface area contributed by atoms with Crippen molar-refractivity contribution < 1.29 is 0 Å². The van der Waals surface area contributed by atoms with Crippen LogP contribution < -0.4 is 10.9 Å². The van der Waals surface area contributed by atoms with Crippen molar-refractivity contribution >= 4 is 11.3 Å². The zero-order valence-corrected chi connectivity index (χ0v) is 16.7. The quantitative estimate of drug-likeness (QED) is 0.562. The molecule has 5 nitrogen and oxygen atoms in total. The Hall–Kier alpha value is -3.34. The van der Waals surface area contributed by atoms with Crippen LogP contribution in [0.4, 0.5) is 5.69 Å². The lowest BCUT2D eigenvalue weighted by Crippen LogP contribution is -2.19. The topological polar surface area (TPSA) is 51.3 Å². The van der Waals surface area contributed by atoms with Crippen molar-refractivity contribution in [2.45, 2.75) is 39.2 Å². The average Bonchev–Trinajstić information content (AvgIpc) is 3.03. The van der Waals surface area contributed by atoms with Crippen molar-refractivity contribution in [1.29, 1.82) is 0 Å². The van der Waals surface area contributed by atoms with Gasteiger partial charge in [-0.1, -0.05) is 30.3 Å². The van der Waals surface area contributed by atoms with Crippen molar-refractivity contribution in [2.75, 3.05) is 5.32 Å². The van der Waals surface area contributed by atoms with Crippen LogP contribution in [0.1, 0.15) is 41.4 Å². The number of pyridine rings is 2. The van der Waals surface area contributed by atoms with Gasteiger partial charge in [0.25, 0.3) is 5.56 Å². The van der Waals surface area contributed by atoms with Gasteiger partial charge in [0.15, 0.2) is 5.65 Å². The molecule has 29 heavy (non-hydrogen) atoms. The summed E-state index contributed by atoms with van der Waals surface area (Å²) in [7, 11) is 0. The number of anilines is 1. The molecule has 3 aromatic heterocycles. The van der Waals surface area contributed by atoms with E-state index in [2.05, 4.69) is 40.9 Å². The van der Waals surface area contributed by atoms with Crippen molar-refractivity contribution in [3.63, 3.8) is 0 Å². The fourth-order valence-corrected chi connectivity index (χ4v) is 4.33. The maximum atomic E-state index is 12.4. The van der Waals surface area contributed by atoms with Gasteiger partial charge in [0.1, 0.15) is 0 Å². The largest absolute Gasteiger partial charge is 0.375 e. The molecule has 1 aliphatic rings. The van der Waals surface area contributed by atoms with E-state index in [1.165, 1.54) is 11.1 Å². The van der Waals surface area contributed by atoms with E-state index in [9.17, 15) is 4.79 Å². The molecule has 1 atom stereocenters. The zero-order valence-electron chi connectivity index (χ0n) is 16.7. The Labute approximate surface area is 169 Å². The standard InChI is InChI=1S/C24H24N4O/c1-16-17(2)28-15-19(27-13-6-5-12-23(27)29)14-22(24(28)25-16)26-21-11-7-9-18-8-3-4-10-20(18)21/h3-6,8,10,12-15,21,26H,7,9,11H2,1-2H3/t21-/m0/s1. The normalized spacial score (nSPS) is 16.0. The first-order valence-corrected chi connectivity index (χ1v) is 10.1. The lowest BCUT2D eigenvalue weighted by atomic mass is 9.87. The van der Waals surface area contributed by atoms with Crippen LogP contribution in [0, 0.1) is 13.8 Å². The summed E-state index contributed by atoms with van der Waals surface area (Å²) in [4.78, 5) is 17.2. The van der Waals surface area contributed by atoms with Crippen LogP contribution in [0.2, 0.25) is 0 Å². The van der Waals surface area contributed by atoms with E-state index in [0.717, 1.165) is 47.7 Å². The van der Waals surface area contributed by atoms with Gasteiger partial charge < -0.3 is 9.72 Å². The Balaban J connectivity index is 1.67. The molecule has 1 aromatic carbocycles. The molecular weight excluding hydrogens is 360 g/mol. The summed E-state index contributed by atoms with van der Waals surface area (Å²) in [5, 5.41) is 3.75. The molecular formula is C24H24N4O. The Morgan fingerprint density at radius 3 is 2.79 bits per heavy atom. The summed E-state index contributed by atoms with van der Waals surface area (Å²) in [5.74, 6) is 0. The zero-order chi connectivity index (χ0) is 20.0. The smallest absolute Gasteiger partial charge is 0.255 e. The first kappa shape index (κ1) is 17.7. The molecule has 5 heteroatoms. The molecule has 3 heterocycles. The molecule has 0 radical (unpaired) electrons. The lowest BCUT2D eigenvalue weighted by molar-refractivity contribution is 0.600. The monoisotopic (exact) mass is 384 g/mol.